The quantitative estimate of drug-likeness (QED) is 0.909. The predicted octanol–water partition coefficient (Wildman–Crippen LogP) is 3.23. The predicted molar refractivity (Wildman–Crippen MR) is 58.8 cm³/mol. The van der Waals surface area contributed by atoms with Gasteiger partial charge in [0.05, 0.1) is 12.3 Å². The second-order valence-corrected chi connectivity index (χ2v) is 3.90. The maximum atomic E-state index is 13.0. The van der Waals surface area contributed by atoms with E-state index in [0.717, 1.165) is 11.1 Å². The molecule has 0 aliphatic rings. The molecule has 1 unspecified atom stereocenters. The Balaban J connectivity index is 2.36. The summed E-state index contributed by atoms with van der Waals surface area (Å²) >= 11 is 3.24. The first-order valence-corrected chi connectivity index (χ1v) is 5.21. The van der Waals surface area contributed by atoms with Crippen LogP contribution in [0.2, 0.25) is 0 Å². The van der Waals surface area contributed by atoms with E-state index in [-0.39, 0.29) is 11.9 Å². The summed E-state index contributed by atoms with van der Waals surface area (Å²) in [6.07, 6.45) is 1.54. The zero-order chi connectivity index (χ0) is 10.8. The standard InChI is InChI=1S/C11H9BrFNO/c12-11-9(4-5-15-11)10(14)7-2-1-3-8(13)6-7/h1-6,10H,14H2. The lowest BCUT2D eigenvalue weighted by atomic mass is 10.0. The van der Waals surface area contributed by atoms with Crippen molar-refractivity contribution in [2.45, 2.75) is 6.04 Å². The summed E-state index contributed by atoms with van der Waals surface area (Å²) < 4.78 is 18.6. The molecule has 0 saturated carbocycles. The molecule has 0 amide bonds. The Morgan fingerprint density at radius 2 is 2.13 bits per heavy atom. The van der Waals surface area contributed by atoms with Gasteiger partial charge in [-0.1, -0.05) is 12.1 Å². The van der Waals surface area contributed by atoms with Gasteiger partial charge in [0.25, 0.3) is 0 Å². The van der Waals surface area contributed by atoms with Gasteiger partial charge in [0.15, 0.2) is 4.67 Å². The summed E-state index contributed by atoms with van der Waals surface area (Å²) in [7, 11) is 0. The smallest absolute Gasteiger partial charge is 0.174 e. The Bertz CT molecular complexity index is 469. The van der Waals surface area contributed by atoms with E-state index < -0.39 is 0 Å². The molecule has 2 aromatic rings. The van der Waals surface area contributed by atoms with Crippen molar-refractivity contribution >= 4 is 15.9 Å². The number of furan rings is 1. The van der Waals surface area contributed by atoms with Crippen molar-refractivity contribution in [3.63, 3.8) is 0 Å². The highest BCUT2D eigenvalue weighted by Gasteiger charge is 2.14. The first-order chi connectivity index (χ1) is 7.18. The van der Waals surface area contributed by atoms with Crippen LogP contribution in [0.4, 0.5) is 4.39 Å². The fraction of sp³-hybridized carbons (Fsp3) is 0.0909. The molecule has 15 heavy (non-hydrogen) atoms. The first kappa shape index (κ1) is 10.4. The van der Waals surface area contributed by atoms with E-state index in [2.05, 4.69) is 15.9 Å². The maximum Gasteiger partial charge on any atom is 0.174 e. The number of nitrogens with two attached hydrogens (primary N) is 1. The zero-order valence-electron chi connectivity index (χ0n) is 7.78. The topological polar surface area (TPSA) is 39.2 Å². The third-order valence-corrected chi connectivity index (χ3v) is 2.83. The Kier molecular flexibility index (Phi) is 2.88. The molecule has 2 rings (SSSR count). The Hall–Kier alpha value is -1.13. The second kappa shape index (κ2) is 4.16. The van der Waals surface area contributed by atoms with Crippen LogP contribution in [0.1, 0.15) is 17.2 Å². The largest absolute Gasteiger partial charge is 0.457 e. The van der Waals surface area contributed by atoms with Crippen molar-refractivity contribution in [3.8, 4) is 0 Å². The minimum absolute atomic E-state index is 0.289. The average molecular weight is 270 g/mol. The van der Waals surface area contributed by atoms with Crippen LogP contribution in [0.5, 0.6) is 0 Å². The van der Waals surface area contributed by atoms with Gasteiger partial charge >= 0.3 is 0 Å². The van der Waals surface area contributed by atoms with Crippen molar-refractivity contribution in [2.24, 2.45) is 5.73 Å². The van der Waals surface area contributed by atoms with E-state index >= 15 is 0 Å². The number of rotatable bonds is 2. The summed E-state index contributed by atoms with van der Waals surface area (Å²) in [6, 6.07) is 7.62. The molecule has 1 heterocycles. The van der Waals surface area contributed by atoms with Crippen molar-refractivity contribution in [3.05, 3.63) is 58.2 Å². The molecule has 2 N–H and O–H groups in total. The lowest BCUT2D eigenvalue weighted by molar-refractivity contribution is 0.534. The molecular weight excluding hydrogens is 261 g/mol. The Morgan fingerprint density at radius 3 is 2.73 bits per heavy atom. The molecule has 0 aliphatic carbocycles. The third-order valence-electron chi connectivity index (χ3n) is 2.19. The fourth-order valence-electron chi connectivity index (χ4n) is 1.41. The van der Waals surface area contributed by atoms with E-state index in [0.29, 0.717) is 4.67 Å². The molecule has 2 nitrogen and oxygen atoms in total. The van der Waals surface area contributed by atoms with Crippen LogP contribution in [-0.4, -0.2) is 0 Å². The van der Waals surface area contributed by atoms with Gasteiger partial charge in [-0.05, 0) is 39.7 Å². The van der Waals surface area contributed by atoms with Crippen LogP contribution in [0, 0.1) is 5.82 Å². The van der Waals surface area contributed by atoms with Crippen molar-refractivity contribution < 1.29 is 8.81 Å². The maximum absolute atomic E-state index is 13.0. The highest BCUT2D eigenvalue weighted by atomic mass is 79.9. The van der Waals surface area contributed by atoms with Gasteiger partial charge in [-0.2, -0.15) is 0 Å². The van der Waals surface area contributed by atoms with E-state index in [4.69, 9.17) is 10.2 Å². The van der Waals surface area contributed by atoms with Gasteiger partial charge in [0.1, 0.15) is 5.82 Å². The van der Waals surface area contributed by atoms with Crippen molar-refractivity contribution in [1.29, 1.82) is 0 Å². The number of hydrogen-bond donors (Lipinski definition) is 1. The first-order valence-electron chi connectivity index (χ1n) is 4.42. The summed E-state index contributed by atoms with van der Waals surface area (Å²) in [5, 5.41) is 0. The van der Waals surface area contributed by atoms with Crippen molar-refractivity contribution in [1.82, 2.24) is 0 Å². The number of hydrogen-bond acceptors (Lipinski definition) is 2. The van der Waals surface area contributed by atoms with Gasteiger partial charge in [-0.25, -0.2) is 4.39 Å². The molecule has 78 valence electrons. The lowest BCUT2D eigenvalue weighted by Gasteiger charge is -2.10. The summed E-state index contributed by atoms with van der Waals surface area (Å²) in [5.41, 5.74) is 7.50. The molecule has 1 aromatic carbocycles. The average Bonchev–Trinajstić information content (AvgIpc) is 2.63. The van der Waals surface area contributed by atoms with Gasteiger partial charge in [0, 0.05) is 5.56 Å². The van der Waals surface area contributed by atoms with Gasteiger partial charge < -0.3 is 10.2 Å². The fourth-order valence-corrected chi connectivity index (χ4v) is 1.89. The molecule has 0 radical (unpaired) electrons. The van der Waals surface area contributed by atoms with E-state index in [1.54, 1.807) is 24.5 Å². The van der Waals surface area contributed by atoms with Crippen LogP contribution >= 0.6 is 15.9 Å². The number of halogens is 2. The molecular formula is C11H9BrFNO. The van der Waals surface area contributed by atoms with Crippen molar-refractivity contribution in [2.75, 3.05) is 0 Å². The SMILES string of the molecule is NC(c1cccc(F)c1)c1ccoc1Br. The molecule has 0 fully saturated rings. The summed E-state index contributed by atoms with van der Waals surface area (Å²) in [4.78, 5) is 0. The molecule has 0 aliphatic heterocycles. The molecule has 0 saturated heterocycles. The van der Waals surface area contributed by atoms with Crippen LogP contribution in [0.3, 0.4) is 0 Å². The molecule has 0 spiro atoms. The minimum Gasteiger partial charge on any atom is -0.457 e. The van der Waals surface area contributed by atoms with Crippen LogP contribution in [-0.2, 0) is 0 Å². The highest BCUT2D eigenvalue weighted by Crippen LogP contribution is 2.27. The third kappa shape index (κ3) is 2.11. The molecule has 4 heteroatoms. The Labute approximate surface area is 95.0 Å². The monoisotopic (exact) mass is 269 g/mol. The number of benzene rings is 1. The van der Waals surface area contributed by atoms with Crippen LogP contribution in [0.25, 0.3) is 0 Å². The molecule has 0 bridgehead atoms. The van der Waals surface area contributed by atoms with Crippen LogP contribution < -0.4 is 5.73 Å². The van der Waals surface area contributed by atoms with Gasteiger partial charge in [0.2, 0.25) is 0 Å². The zero-order valence-corrected chi connectivity index (χ0v) is 9.37. The lowest BCUT2D eigenvalue weighted by Crippen LogP contribution is -2.11. The summed E-state index contributed by atoms with van der Waals surface area (Å²) in [5.74, 6) is -0.289. The molecule has 1 atom stereocenters. The minimum atomic E-state index is -0.381. The van der Waals surface area contributed by atoms with E-state index in [9.17, 15) is 4.39 Å². The summed E-state index contributed by atoms with van der Waals surface area (Å²) in [6.45, 7) is 0. The van der Waals surface area contributed by atoms with Gasteiger partial charge in [-0.15, -0.1) is 0 Å². The van der Waals surface area contributed by atoms with E-state index in [1.807, 2.05) is 0 Å². The molecule has 1 aromatic heterocycles. The van der Waals surface area contributed by atoms with Gasteiger partial charge in [-0.3, -0.25) is 0 Å². The second-order valence-electron chi connectivity index (χ2n) is 3.18. The van der Waals surface area contributed by atoms with Crippen LogP contribution in [0.15, 0.2) is 45.7 Å². The highest BCUT2D eigenvalue weighted by molar-refractivity contribution is 9.10. The normalized spacial score (nSPS) is 12.7. The van der Waals surface area contributed by atoms with E-state index in [1.165, 1.54) is 12.1 Å². The Morgan fingerprint density at radius 1 is 1.33 bits per heavy atom.